The molecule has 138 valence electrons. The number of pyridine rings is 1. The molecule has 6 nitrogen and oxygen atoms in total. The number of para-hydroxylation sites is 1. The van der Waals surface area contributed by atoms with Gasteiger partial charge in [0.2, 0.25) is 5.95 Å². The van der Waals surface area contributed by atoms with E-state index in [1.54, 1.807) is 12.4 Å². The lowest BCUT2D eigenvalue weighted by Gasteiger charge is -2.37. The number of fused-ring (bicyclic) bond motifs is 3. The van der Waals surface area contributed by atoms with Crippen LogP contribution in [0.3, 0.4) is 0 Å². The van der Waals surface area contributed by atoms with Gasteiger partial charge in [-0.2, -0.15) is 0 Å². The third kappa shape index (κ3) is 2.80. The second-order valence-corrected chi connectivity index (χ2v) is 7.67. The van der Waals surface area contributed by atoms with E-state index in [1.807, 2.05) is 41.0 Å². The number of aromatic nitrogens is 3. The number of hydrogen-bond acceptors (Lipinski definition) is 5. The van der Waals surface area contributed by atoms with Gasteiger partial charge in [-0.15, -0.1) is 0 Å². The first kappa shape index (κ1) is 16.4. The first-order valence-corrected chi connectivity index (χ1v) is 9.61. The number of nitrogens with one attached hydrogen (secondary N) is 1. The first-order chi connectivity index (χ1) is 13.2. The van der Waals surface area contributed by atoms with Crippen LogP contribution in [0.15, 0.2) is 53.6 Å². The maximum Gasteiger partial charge on any atom is 0.263 e. The molecule has 0 radical (unpaired) electrons. The lowest BCUT2D eigenvalue weighted by molar-refractivity contribution is 0.136. The van der Waals surface area contributed by atoms with Gasteiger partial charge in [-0.1, -0.05) is 12.1 Å². The van der Waals surface area contributed by atoms with E-state index in [9.17, 15) is 4.79 Å². The maximum absolute atomic E-state index is 13.4. The van der Waals surface area contributed by atoms with Gasteiger partial charge in [-0.05, 0) is 57.0 Å². The van der Waals surface area contributed by atoms with Crippen LogP contribution in [0.25, 0.3) is 10.9 Å². The second-order valence-electron chi connectivity index (χ2n) is 7.67. The minimum absolute atomic E-state index is 0.0425. The van der Waals surface area contributed by atoms with Crippen molar-refractivity contribution in [2.45, 2.75) is 43.8 Å². The summed E-state index contributed by atoms with van der Waals surface area (Å²) in [5, 5.41) is 4.02. The van der Waals surface area contributed by atoms with E-state index in [-0.39, 0.29) is 11.6 Å². The van der Waals surface area contributed by atoms with Crippen molar-refractivity contribution >= 4 is 22.5 Å². The van der Waals surface area contributed by atoms with Gasteiger partial charge in [0.1, 0.15) is 0 Å². The number of hydrogen-bond donors (Lipinski definition) is 1. The molecule has 2 aliphatic heterocycles. The largest absolute Gasteiger partial charge is 0.324 e. The molecule has 0 unspecified atom stereocenters. The lowest BCUT2D eigenvalue weighted by Crippen LogP contribution is -2.43. The summed E-state index contributed by atoms with van der Waals surface area (Å²) in [6.45, 7) is 0. The molecule has 2 aromatic heterocycles. The summed E-state index contributed by atoms with van der Waals surface area (Å²) in [6.07, 6.45) is 7.92. The molecule has 3 aromatic rings. The number of anilines is 2. The molecule has 0 spiro atoms. The number of rotatable bonds is 3. The zero-order valence-electron chi connectivity index (χ0n) is 15.4. The summed E-state index contributed by atoms with van der Waals surface area (Å²) in [4.78, 5) is 24.9. The molecule has 0 amide bonds. The van der Waals surface area contributed by atoms with Crippen LogP contribution in [0.5, 0.6) is 0 Å². The van der Waals surface area contributed by atoms with E-state index in [0.717, 1.165) is 24.0 Å². The van der Waals surface area contributed by atoms with Crippen LogP contribution in [0, 0.1) is 0 Å². The van der Waals surface area contributed by atoms with E-state index >= 15 is 0 Å². The summed E-state index contributed by atoms with van der Waals surface area (Å²) < 4.78 is 1.90. The molecular weight excluding hydrogens is 338 g/mol. The zero-order chi connectivity index (χ0) is 18.4. The molecular formula is C21H23N5O. The van der Waals surface area contributed by atoms with E-state index < -0.39 is 0 Å². The average molecular weight is 361 g/mol. The molecule has 5 rings (SSSR count). The maximum atomic E-state index is 13.4. The molecule has 27 heavy (non-hydrogen) atoms. The van der Waals surface area contributed by atoms with Crippen LogP contribution >= 0.6 is 0 Å². The first-order valence-electron chi connectivity index (χ1n) is 9.61. The van der Waals surface area contributed by atoms with Gasteiger partial charge in [0.15, 0.2) is 0 Å². The standard InChI is InChI=1S/C21H23N5O/c1-25-15-8-9-16(25)12-17(11-15)26-20(27)18-6-2-3-7-19(18)24-21(26)23-14-5-4-10-22-13-14/h2-7,10,13,15-17H,8-9,11-12H2,1H3,(H,23,24)/t15-,16+,17+. The minimum Gasteiger partial charge on any atom is -0.324 e. The number of nitrogens with zero attached hydrogens (tertiary/aromatic N) is 4. The third-order valence-electron chi connectivity index (χ3n) is 6.16. The van der Waals surface area contributed by atoms with Crippen molar-refractivity contribution < 1.29 is 0 Å². The predicted molar refractivity (Wildman–Crippen MR) is 106 cm³/mol. The van der Waals surface area contributed by atoms with Gasteiger partial charge in [0.25, 0.3) is 5.56 Å². The highest BCUT2D eigenvalue weighted by molar-refractivity contribution is 5.79. The second kappa shape index (κ2) is 6.46. The topological polar surface area (TPSA) is 63.1 Å². The Labute approximate surface area is 157 Å². The smallest absolute Gasteiger partial charge is 0.263 e. The van der Waals surface area contributed by atoms with Gasteiger partial charge >= 0.3 is 0 Å². The van der Waals surface area contributed by atoms with Crippen molar-refractivity contribution in [2.75, 3.05) is 12.4 Å². The Kier molecular flexibility index (Phi) is 3.93. The Balaban J connectivity index is 1.64. The van der Waals surface area contributed by atoms with Gasteiger partial charge in [0.05, 0.1) is 22.8 Å². The molecule has 0 saturated carbocycles. The molecule has 2 bridgehead atoms. The summed E-state index contributed by atoms with van der Waals surface area (Å²) in [5.74, 6) is 0.612. The Morgan fingerprint density at radius 1 is 1.04 bits per heavy atom. The van der Waals surface area contributed by atoms with E-state index in [1.165, 1.54) is 12.8 Å². The Morgan fingerprint density at radius 3 is 2.56 bits per heavy atom. The van der Waals surface area contributed by atoms with Gasteiger partial charge in [-0.25, -0.2) is 4.98 Å². The normalized spacial score (nSPS) is 25.0. The van der Waals surface area contributed by atoms with E-state index in [2.05, 4.69) is 22.2 Å². The van der Waals surface area contributed by atoms with Crippen LogP contribution in [0.2, 0.25) is 0 Å². The third-order valence-corrected chi connectivity index (χ3v) is 6.16. The van der Waals surface area contributed by atoms with Gasteiger partial charge < -0.3 is 10.2 Å². The molecule has 2 aliphatic rings. The zero-order valence-corrected chi connectivity index (χ0v) is 15.4. The fraction of sp³-hybridized carbons (Fsp3) is 0.381. The molecule has 3 atom stereocenters. The summed E-state index contributed by atoms with van der Waals surface area (Å²) in [7, 11) is 2.22. The van der Waals surface area contributed by atoms with Crippen molar-refractivity contribution in [3.63, 3.8) is 0 Å². The number of piperidine rings is 1. The average Bonchev–Trinajstić information content (AvgIpc) is 2.90. The van der Waals surface area contributed by atoms with Crippen molar-refractivity contribution in [1.82, 2.24) is 19.4 Å². The fourth-order valence-electron chi connectivity index (χ4n) is 4.73. The summed E-state index contributed by atoms with van der Waals surface area (Å²) in [5.41, 5.74) is 1.60. The van der Waals surface area contributed by atoms with Crippen molar-refractivity contribution in [1.29, 1.82) is 0 Å². The van der Waals surface area contributed by atoms with Crippen molar-refractivity contribution in [2.24, 2.45) is 0 Å². The van der Waals surface area contributed by atoms with Crippen LogP contribution in [-0.4, -0.2) is 38.6 Å². The highest BCUT2D eigenvalue weighted by Gasteiger charge is 2.40. The Bertz CT molecular complexity index is 1020. The van der Waals surface area contributed by atoms with Gasteiger partial charge in [0, 0.05) is 24.3 Å². The Morgan fingerprint density at radius 2 is 1.81 bits per heavy atom. The quantitative estimate of drug-likeness (QED) is 0.775. The summed E-state index contributed by atoms with van der Waals surface area (Å²) in [6, 6.07) is 12.7. The Hall–Kier alpha value is -2.73. The summed E-state index contributed by atoms with van der Waals surface area (Å²) >= 11 is 0. The van der Waals surface area contributed by atoms with Crippen LogP contribution in [0.1, 0.15) is 31.7 Å². The van der Waals surface area contributed by atoms with Gasteiger partial charge in [-0.3, -0.25) is 14.3 Å². The molecule has 2 saturated heterocycles. The SMILES string of the molecule is CN1[C@@H]2CC[C@H]1C[C@@H](n1c(Nc3cccnc3)nc3ccccc3c1=O)C2. The molecule has 6 heteroatoms. The van der Waals surface area contributed by atoms with E-state index in [4.69, 9.17) is 4.98 Å². The molecule has 1 aromatic carbocycles. The molecule has 0 aliphatic carbocycles. The molecule has 4 heterocycles. The number of benzene rings is 1. The highest BCUT2D eigenvalue weighted by Crippen LogP contribution is 2.40. The monoisotopic (exact) mass is 361 g/mol. The van der Waals surface area contributed by atoms with Crippen molar-refractivity contribution in [3.8, 4) is 0 Å². The predicted octanol–water partition coefficient (Wildman–Crippen LogP) is 3.33. The molecule has 2 fully saturated rings. The van der Waals surface area contributed by atoms with Crippen LogP contribution in [0.4, 0.5) is 11.6 Å². The lowest BCUT2D eigenvalue weighted by atomic mass is 9.97. The molecule has 1 N–H and O–H groups in total. The van der Waals surface area contributed by atoms with Crippen molar-refractivity contribution in [3.05, 3.63) is 59.1 Å². The van der Waals surface area contributed by atoms with Crippen LogP contribution in [-0.2, 0) is 0 Å². The fourth-order valence-corrected chi connectivity index (χ4v) is 4.73. The van der Waals surface area contributed by atoms with Crippen LogP contribution < -0.4 is 10.9 Å². The van der Waals surface area contributed by atoms with E-state index in [0.29, 0.717) is 23.4 Å². The minimum atomic E-state index is 0.0425. The highest BCUT2D eigenvalue weighted by atomic mass is 16.1.